The molecular weight excluding hydrogens is 310 g/mol. The highest BCUT2D eigenvalue weighted by atomic mass is 16.6. The normalized spacial score (nSPS) is 10.4. The van der Waals surface area contributed by atoms with Gasteiger partial charge in [-0.05, 0) is 30.7 Å². The zero-order valence-electron chi connectivity index (χ0n) is 12.7. The molecule has 1 amide bonds. The summed E-state index contributed by atoms with van der Waals surface area (Å²) in [5, 5.41) is 16.6. The van der Waals surface area contributed by atoms with Crippen LogP contribution in [0.25, 0.3) is 11.0 Å². The third-order valence-electron chi connectivity index (χ3n) is 3.39. The predicted octanol–water partition coefficient (Wildman–Crippen LogP) is 3.16. The third kappa shape index (κ3) is 3.12. The number of fused-ring (bicyclic) bond motifs is 1. The number of hydrogen-bond donors (Lipinski definition) is 2. The molecule has 0 bridgehead atoms. The van der Waals surface area contributed by atoms with Gasteiger partial charge in [-0.1, -0.05) is 6.07 Å². The first-order valence-corrected chi connectivity index (χ1v) is 7.06. The Morgan fingerprint density at radius 3 is 2.71 bits per heavy atom. The van der Waals surface area contributed by atoms with E-state index in [1.165, 1.54) is 18.3 Å². The summed E-state index contributed by atoms with van der Waals surface area (Å²) in [6.07, 6.45) is 2.12. The maximum absolute atomic E-state index is 10.9. The lowest BCUT2D eigenvalue weighted by molar-refractivity contribution is -0.384. The van der Waals surface area contributed by atoms with Gasteiger partial charge < -0.3 is 10.6 Å². The highest BCUT2D eigenvalue weighted by Gasteiger charge is 2.09. The molecule has 8 nitrogen and oxygen atoms in total. The van der Waals surface area contributed by atoms with Gasteiger partial charge in [0.2, 0.25) is 6.41 Å². The van der Waals surface area contributed by atoms with Crippen LogP contribution in [0, 0.1) is 17.0 Å². The second-order valence-corrected chi connectivity index (χ2v) is 5.12. The van der Waals surface area contributed by atoms with Gasteiger partial charge in [0, 0.05) is 12.1 Å². The van der Waals surface area contributed by atoms with E-state index in [1.807, 2.05) is 19.1 Å². The van der Waals surface area contributed by atoms with Gasteiger partial charge in [-0.3, -0.25) is 19.9 Å². The number of carbonyl (C=O) groups is 1. The molecule has 0 radical (unpaired) electrons. The van der Waals surface area contributed by atoms with Gasteiger partial charge in [-0.2, -0.15) is 0 Å². The van der Waals surface area contributed by atoms with Gasteiger partial charge in [0.05, 0.1) is 33.5 Å². The molecule has 0 spiro atoms. The van der Waals surface area contributed by atoms with E-state index in [2.05, 4.69) is 20.6 Å². The van der Waals surface area contributed by atoms with E-state index in [0.717, 1.165) is 5.56 Å². The molecule has 0 saturated carbocycles. The number of hydrogen-bond acceptors (Lipinski definition) is 6. The number of nitrogens with one attached hydrogen (secondary N) is 2. The largest absolute Gasteiger partial charge is 0.337 e. The Morgan fingerprint density at radius 1 is 1.12 bits per heavy atom. The Morgan fingerprint density at radius 2 is 1.96 bits per heavy atom. The Bertz CT molecular complexity index is 942. The number of aryl methyl sites for hydroxylation is 1. The number of benzene rings is 2. The zero-order chi connectivity index (χ0) is 17.1. The maximum Gasteiger partial charge on any atom is 0.271 e. The first-order chi connectivity index (χ1) is 11.6. The van der Waals surface area contributed by atoms with Crippen LogP contribution in [-0.2, 0) is 4.79 Å². The van der Waals surface area contributed by atoms with E-state index in [9.17, 15) is 14.9 Å². The molecule has 0 aliphatic carbocycles. The lowest BCUT2D eigenvalue weighted by Crippen LogP contribution is -2.02. The smallest absolute Gasteiger partial charge is 0.271 e. The Hall–Kier alpha value is -3.55. The summed E-state index contributed by atoms with van der Waals surface area (Å²) in [4.78, 5) is 29.7. The molecule has 2 aromatic carbocycles. The minimum absolute atomic E-state index is 0.0483. The number of rotatable bonds is 5. The fourth-order valence-corrected chi connectivity index (χ4v) is 2.26. The van der Waals surface area contributed by atoms with Crippen molar-refractivity contribution in [2.45, 2.75) is 6.92 Å². The van der Waals surface area contributed by atoms with Crippen molar-refractivity contribution < 1.29 is 9.72 Å². The zero-order valence-corrected chi connectivity index (χ0v) is 12.7. The molecule has 0 fully saturated rings. The molecule has 3 aromatic rings. The average molecular weight is 323 g/mol. The molecule has 1 aromatic heterocycles. The van der Waals surface area contributed by atoms with Crippen LogP contribution in [-0.4, -0.2) is 21.3 Å². The van der Waals surface area contributed by atoms with Crippen LogP contribution in [0.4, 0.5) is 22.9 Å². The van der Waals surface area contributed by atoms with Crippen LogP contribution in [0.15, 0.2) is 42.6 Å². The first-order valence-electron chi connectivity index (χ1n) is 7.06. The van der Waals surface area contributed by atoms with Crippen LogP contribution >= 0.6 is 0 Å². The van der Waals surface area contributed by atoms with Gasteiger partial charge in [-0.15, -0.1) is 0 Å². The summed E-state index contributed by atoms with van der Waals surface area (Å²) in [6.45, 7) is 1.92. The summed E-state index contributed by atoms with van der Waals surface area (Å²) in [7, 11) is 0. The van der Waals surface area contributed by atoms with E-state index in [1.54, 1.807) is 12.1 Å². The Balaban J connectivity index is 1.99. The summed E-state index contributed by atoms with van der Waals surface area (Å²) in [6, 6.07) is 9.80. The van der Waals surface area contributed by atoms with Gasteiger partial charge >= 0.3 is 0 Å². The monoisotopic (exact) mass is 323 g/mol. The van der Waals surface area contributed by atoms with Crippen LogP contribution in [0.1, 0.15) is 5.56 Å². The molecule has 120 valence electrons. The SMILES string of the molecule is Cc1ccc(NC=O)c(Nc2cnc3ccc([N+](=O)[O-])cc3n2)c1. The maximum atomic E-state index is 10.9. The predicted molar refractivity (Wildman–Crippen MR) is 90.3 cm³/mol. The molecule has 2 N–H and O–H groups in total. The molecule has 3 rings (SSSR count). The summed E-state index contributed by atoms with van der Waals surface area (Å²) >= 11 is 0. The lowest BCUT2D eigenvalue weighted by atomic mass is 10.2. The van der Waals surface area contributed by atoms with Crippen LogP contribution in [0.2, 0.25) is 0 Å². The minimum Gasteiger partial charge on any atom is -0.337 e. The van der Waals surface area contributed by atoms with Crippen LogP contribution < -0.4 is 10.6 Å². The standard InChI is InChI=1S/C16H13N5O3/c1-10-2-4-13(18-9-22)14(6-10)19-16-8-17-12-5-3-11(21(23)24)7-15(12)20-16/h2-9H,1H3,(H,18,22)(H,19,20). The molecule has 0 aliphatic rings. The second-order valence-electron chi connectivity index (χ2n) is 5.12. The van der Waals surface area contributed by atoms with Crippen molar-refractivity contribution >= 4 is 40.3 Å². The van der Waals surface area contributed by atoms with E-state index < -0.39 is 4.92 Å². The van der Waals surface area contributed by atoms with Crippen molar-refractivity contribution in [1.82, 2.24) is 9.97 Å². The highest BCUT2D eigenvalue weighted by molar-refractivity contribution is 5.84. The van der Waals surface area contributed by atoms with E-state index in [-0.39, 0.29) is 5.69 Å². The molecule has 0 aliphatic heterocycles. The summed E-state index contributed by atoms with van der Waals surface area (Å²) in [5.74, 6) is 0.419. The minimum atomic E-state index is -0.478. The molecular formula is C16H13N5O3. The summed E-state index contributed by atoms with van der Waals surface area (Å²) in [5.41, 5.74) is 3.16. The third-order valence-corrected chi connectivity index (χ3v) is 3.39. The number of nitro benzene ring substituents is 1. The van der Waals surface area contributed by atoms with Crippen LogP contribution in [0.5, 0.6) is 0 Å². The Kier molecular flexibility index (Phi) is 4.02. The van der Waals surface area contributed by atoms with Crippen molar-refractivity contribution in [2.24, 2.45) is 0 Å². The summed E-state index contributed by atoms with van der Waals surface area (Å²) < 4.78 is 0. The van der Waals surface area contributed by atoms with Gasteiger partial charge in [-0.25, -0.2) is 4.98 Å². The highest BCUT2D eigenvalue weighted by Crippen LogP contribution is 2.26. The van der Waals surface area contributed by atoms with E-state index in [0.29, 0.717) is 34.6 Å². The number of non-ortho nitro benzene ring substituents is 1. The molecule has 24 heavy (non-hydrogen) atoms. The fraction of sp³-hybridized carbons (Fsp3) is 0.0625. The van der Waals surface area contributed by atoms with Crippen molar-refractivity contribution in [3.05, 3.63) is 58.3 Å². The van der Waals surface area contributed by atoms with Gasteiger partial charge in [0.1, 0.15) is 5.82 Å². The van der Waals surface area contributed by atoms with E-state index in [4.69, 9.17) is 0 Å². The number of nitrogens with zero attached hydrogens (tertiary/aromatic N) is 3. The fourth-order valence-electron chi connectivity index (χ4n) is 2.26. The number of anilines is 3. The first kappa shape index (κ1) is 15.3. The van der Waals surface area contributed by atoms with Gasteiger partial charge in [0.15, 0.2) is 0 Å². The van der Waals surface area contributed by atoms with E-state index >= 15 is 0 Å². The molecule has 0 unspecified atom stereocenters. The lowest BCUT2D eigenvalue weighted by Gasteiger charge is -2.11. The molecule has 0 atom stereocenters. The van der Waals surface area contributed by atoms with Crippen molar-refractivity contribution in [3.8, 4) is 0 Å². The quantitative estimate of drug-likeness (QED) is 0.424. The van der Waals surface area contributed by atoms with Crippen LogP contribution in [0.3, 0.4) is 0 Å². The number of aromatic nitrogens is 2. The molecule has 8 heteroatoms. The molecule has 0 saturated heterocycles. The van der Waals surface area contributed by atoms with Crippen molar-refractivity contribution in [2.75, 3.05) is 10.6 Å². The number of nitro groups is 1. The number of amides is 1. The van der Waals surface area contributed by atoms with Crippen molar-refractivity contribution in [3.63, 3.8) is 0 Å². The topological polar surface area (TPSA) is 110 Å². The second kappa shape index (κ2) is 6.29. The van der Waals surface area contributed by atoms with Crippen molar-refractivity contribution in [1.29, 1.82) is 0 Å². The molecule has 1 heterocycles. The van der Waals surface area contributed by atoms with Gasteiger partial charge in [0.25, 0.3) is 5.69 Å². The Labute approximate surface area is 136 Å². The average Bonchev–Trinajstić information content (AvgIpc) is 2.56. The number of carbonyl (C=O) groups excluding carboxylic acids is 1.